The predicted octanol–water partition coefficient (Wildman–Crippen LogP) is 6.69. The third kappa shape index (κ3) is 15.3. The molecule has 0 aliphatic carbocycles. The highest BCUT2D eigenvalue weighted by molar-refractivity contribution is 7.40. The van der Waals surface area contributed by atoms with Crippen LogP contribution in [0.3, 0.4) is 0 Å². The average Bonchev–Trinajstić information content (AvgIpc) is 2.65. The summed E-state index contributed by atoms with van der Waals surface area (Å²) in [5.74, 6) is -0.549. The van der Waals surface area contributed by atoms with E-state index >= 15 is 0 Å². The second-order valence-corrected chi connectivity index (χ2v) is 9.28. The Morgan fingerprint density at radius 1 is 0.900 bits per heavy atom. The zero-order valence-corrected chi connectivity index (χ0v) is 20.6. The Labute approximate surface area is 184 Å². The molecule has 0 saturated heterocycles. The average molecular weight is 439 g/mol. The lowest BCUT2D eigenvalue weighted by atomic mass is 10.0. The van der Waals surface area contributed by atoms with Crippen molar-refractivity contribution >= 4 is 13.9 Å². The summed E-state index contributed by atoms with van der Waals surface area (Å²) in [4.78, 5) is 25.9. The molecular weight excluding hydrogens is 397 g/mol. The van der Waals surface area contributed by atoms with Crippen LogP contribution in [0.15, 0.2) is 46.6 Å². The highest BCUT2D eigenvalue weighted by Crippen LogP contribution is 2.25. The fourth-order valence-electron chi connectivity index (χ4n) is 2.79. The molecule has 0 aromatic heterocycles. The zero-order valence-electron chi connectivity index (χ0n) is 19.7. The molecule has 2 N–H and O–H groups in total. The monoisotopic (exact) mass is 438 g/mol. The molecule has 1 amide bonds. The lowest BCUT2D eigenvalue weighted by Crippen LogP contribution is -2.32. The molecule has 2 atom stereocenters. The first-order valence-corrected chi connectivity index (χ1v) is 12.1. The Morgan fingerprint density at radius 3 is 1.80 bits per heavy atom. The van der Waals surface area contributed by atoms with Crippen LogP contribution in [0.5, 0.6) is 0 Å². The molecule has 0 aromatic carbocycles. The van der Waals surface area contributed by atoms with Crippen molar-refractivity contribution in [2.75, 3.05) is 6.61 Å². The van der Waals surface area contributed by atoms with Crippen molar-refractivity contribution in [1.82, 2.24) is 5.48 Å². The second kappa shape index (κ2) is 17.2. The molecular formula is C24H41NO4P+. The molecule has 0 spiro atoms. The Balaban J connectivity index is 4.10. The molecule has 0 aliphatic heterocycles. The molecule has 0 aromatic rings. The van der Waals surface area contributed by atoms with E-state index in [2.05, 4.69) is 51.4 Å². The van der Waals surface area contributed by atoms with Gasteiger partial charge in [-0.3, -0.25) is 9.63 Å². The molecule has 6 heteroatoms. The van der Waals surface area contributed by atoms with E-state index in [0.717, 1.165) is 38.5 Å². The number of allylic oxidation sites excluding steroid dienone is 7. The van der Waals surface area contributed by atoms with Crippen LogP contribution in [-0.2, 0) is 14.2 Å². The molecule has 0 aliphatic rings. The topological polar surface area (TPSA) is 75.6 Å². The third-order valence-electron chi connectivity index (χ3n) is 4.80. The van der Waals surface area contributed by atoms with E-state index in [1.54, 1.807) is 6.92 Å². The van der Waals surface area contributed by atoms with Crippen molar-refractivity contribution in [2.24, 2.45) is 0 Å². The normalized spacial score (nSPS) is 14.4. The van der Waals surface area contributed by atoms with Crippen LogP contribution in [-0.4, -0.2) is 23.1 Å². The number of hydroxylamine groups is 1. The first-order valence-electron chi connectivity index (χ1n) is 10.8. The molecule has 0 heterocycles. The summed E-state index contributed by atoms with van der Waals surface area (Å²) in [6, 6.07) is 0. The Bertz CT molecular complexity index is 658. The molecule has 5 nitrogen and oxygen atoms in total. The van der Waals surface area contributed by atoms with E-state index in [1.165, 1.54) is 22.3 Å². The Hall–Kier alpha value is -1.55. The lowest BCUT2D eigenvalue weighted by Gasteiger charge is -2.05. The van der Waals surface area contributed by atoms with E-state index in [1.807, 2.05) is 13.0 Å². The van der Waals surface area contributed by atoms with Gasteiger partial charge in [0, 0.05) is 6.42 Å². The molecule has 30 heavy (non-hydrogen) atoms. The second-order valence-electron chi connectivity index (χ2n) is 8.05. The fourth-order valence-corrected chi connectivity index (χ4v) is 3.36. The first-order chi connectivity index (χ1) is 14.2. The summed E-state index contributed by atoms with van der Waals surface area (Å²) < 4.78 is 11.1. The quantitative estimate of drug-likeness (QED) is 0.129. The number of hydrogen-bond acceptors (Lipinski definition) is 3. The number of amides is 1. The van der Waals surface area contributed by atoms with E-state index < -0.39 is 19.6 Å². The van der Waals surface area contributed by atoms with Crippen molar-refractivity contribution in [3.8, 4) is 0 Å². The highest BCUT2D eigenvalue weighted by Gasteiger charge is 2.35. The van der Waals surface area contributed by atoms with Gasteiger partial charge in [0.1, 0.15) is 0 Å². The van der Waals surface area contributed by atoms with Crippen LogP contribution in [0.4, 0.5) is 0 Å². The van der Waals surface area contributed by atoms with Gasteiger partial charge in [-0.05, 0) is 77.7 Å². The lowest BCUT2D eigenvalue weighted by molar-refractivity contribution is -0.132. The van der Waals surface area contributed by atoms with Gasteiger partial charge in [0.05, 0.1) is 6.61 Å². The van der Waals surface area contributed by atoms with Crippen LogP contribution in [0.1, 0.15) is 86.5 Å². The van der Waals surface area contributed by atoms with Gasteiger partial charge in [-0.2, -0.15) is 4.89 Å². The third-order valence-corrected chi connectivity index (χ3v) is 5.93. The van der Waals surface area contributed by atoms with Gasteiger partial charge in [0.2, 0.25) is 0 Å². The smallest absolute Gasteiger partial charge is 0.269 e. The van der Waals surface area contributed by atoms with Crippen molar-refractivity contribution < 1.29 is 19.1 Å². The van der Waals surface area contributed by atoms with Crippen molar-refractivity contribution in [2.45, 2.75) is 92.1 Å². The largest absolute Gasteiger partial charge is 0.518 e. The standard InChI is InChI=1S/C24H40NO4P/c1-7-23(30(27)28)24(26)25-29-18-17-22(6)16-10-15-21(5)14-9-13-20(4)12-8-11-19(2)3/h11,13,15,17,23H,7-10,12,14,16,18H2,1-6H3,(H-,25,26,27,28)/p+1/b20-13+,21-15+,22-17+. The first kappa shape index (κ1) is 28.5. The summed E-state index contributed by atoms with van der Waals surface area (Å²) in [6.07, 6.45) is 15.5. The maximum Gasteiger partial charge on any atom is 0.518 e. The van der Waals surface area contributed by atoms with Crippen molar-refractivity contribution in [1.29, 1.82) is 0 Å². The van der Waals surface area contributed by atoms with Crippen LogP contribution >= 0.6 is 8.03 Å². The summed E-state index contributed by atoms with van der Waals surface area (Å²) in [5.41, 5.74) is 6.76. The highest BCUT2D eigenvalue weighted by atomic mass is 31.1. The maximum atomic E-state index is 11.7. The minimum Gasteiger partial charge on any atom is -0.269 e. The molecule has 0 rings (SSSR count). The molecule has 0 bridgehead atoms. The van der Waals surface area contributed by atoms with Gasteiger partial charge < -0.3 is 0 Å². The van der Waals surface area contributed by atoms with Crippen LogP contribution in [0.25, 0.3) is 0 Å². The predicted molar refractivity (Wildman–Crippen MR) is 126 cm³/mol. The van der Waals surface area contributed by atoms with Gasteiger partial charge in [0.25, 0.3) is 11.6 Å². The van der Waals surface area contributed by atoms with E-state index in [0.29, 0.717) is 6.42 Å². The molecule has 0 fully saturated rings. The van der Waals surface area contributed by atoms with Crippen molar-refractivity contribution in [3.63, 3.8) is 0 Å². The Kier molecular flexibility index (Phi) is 16.3. The number of hydrogen-bond donors (Lipinski definition) is 2. The maximum absolute atomic E-state index is 11.7. The fraction of sp³-hybridized carbons (Fsp3) is 0.625. The van der Waals surface area contributed by atoms with Gasteiger partial charge in [-0.1, -0.05) is 53.5 Å². The van der Waals surface area contributed by atoms with Crippen LogP contribution in [0, 0.1) is 0 Å². The number of nitrogens with one attached hydrogen (secondary N) is 1. The molecule has 0 saturated carbocycles. The van der Waals surface area contributed by atoms with Gasteiger partial charge in [0.15, 0.2) is 0 Å². The van der Waals surface area contributed by atoms with E-state index in [4.69, 9.17) is 9.73 Å². The minimum atomic E-state index is -2.53. The van der Waals surface area contributed by atoms with Gasteiger partial charge in [-0.15, -0.1) is 0 Å². The van der Waals surface area contributed by atoms with Crippen LogP contribution in [0.2, 0.25) is 0 Å². The summed E-state index contributed by atoms with van der Waals surface area (Å²) in [7, 11) is -2.53. The van der Waals surface area contributed by atoms with Crippen LogP contribution < -0.4 is 5.48 Å². The molecule has 170 valence electrons. The van der Waals surface area contributed by atoms with E-state index in [9.17, 15) is 9.36 Å². The van der Waals surface area contributed by atoms with Gasteiger partial charge >= 0.3 is 8.03 Å². The minimum absolute atomic E-state index is 0.246. The number of carbonyl (C=O) groups is 1. The van der Waals surface area contributed by atoms with E-state index in [-0.39, 0.29) is 6.61 Å². The number of rotatable bonds is 15. The number of carbonyl (C=O) groups excluding carboxylic acids is 1. The SMILES string of the molecule is CCC(C(=O)NOC/C=C(\C)CC/C=C(\C)CC/C=C(\C)CCC=C(C)C)[P+](=O)O. The van der Waals surface area contributed by atoms with Crippen molar-refractivity contribution in [3.05, 3.63) is 46.6 Å². The molecule has 0 radical (unpaired) electrons. The summed E-state index contributed by atoms with van der Waals surface area (Å²) in [6.45, 7) is 12.6. The van der Waals surface area contributed by atoms with Gasteiger partial charge in [-0.25, -0.2) is 5.48 Å². The molecule has 2 unspecified atom stereocenters. The zero-order chi connectivity index (χ0) is 22.9. The Morgan fingerprint density at radius 2 is 1.37 bits per heavy atom. The summed E-state index contributed by atoms with van der Waals surface area (Å²) >= 11 is 0. The summed E-state index contributed by atoms with van der Waals surface area (Å²) in [5, 5.41) is 0.